The Labute approximate surface area is 86.7 Å². The molecule has 2 nitrogen and oxygen atoms in total. The second kappa shape index (κ2) is 3.60. The highest BCUT2D eigenvalue weighted by molar-refractivity contribution is 7.09. The molecule has 0 aliphatic heterocycles. The summed E-state index contributed by atoms with van der Waals surface area (Å²) >= 11 is 1.62. The van der Waals surface area contributed by atoms with E-state index in [1.165, 1.54) is 0 Å². The Balaban J connectivity index is 2.47. The molecule has 0 saturated carbocycles. The van der Waals surface area contributed by atoms with E-state index in [9.17, 15) is 0 Å². The van der Waals surface area contributed by atoms with Gasteiger partial charge in [-0.1, -0.05) is 18.2 Å². The Hall–Kier alpha value is -1.66. The molecular weight excluding hydrogens is 192 g/mol. The van der Waals surface area contributed by atoms with Gasteiger partial charge in [-0.05, 0) is 18.6 Å². The Bertz CT molecular complexity index is 494. The molecule has 0 fully saturated rings. The number of benzene rings is 1. The van der Waals surface area contributed by atoms with Crippen LogP contribution in [0.2, 0.25) is 0 Å². The molecule has 0 spiro atoms. The maximum Gasteiger partial charge on any atom is 0.187 e. The maximum atomic E-state index is 6.92. The van der Waals surface area contributed by atoms with Crippen LogP contribution in [0.3, 0.4) is 0 Å². The molecule has 0 aliphatic carbocycles. The van der Waals surface area contributed by atoms with E-state index in [-0.39, 0.29) is 0 Å². The largest absolute Gasteiger partial charge is 0.242 e. The van der Waals surface area contributed by atoms with Crippen molar-refractivity contribution in [3.63, 3.8) is 0 Å². The molecule has 0 bridgehead atoms. The fourth-order valence-corrected chi connectivity index (χ4v) is 1.85. The molecule has 1 heterocycles. The van der Waals surface area contributed by atoms with Gasteiger partial charge in [0, 0.05) is 5.38 Å². The zero-order valence-electron chi connectivity index (χ0n) is 7.69. The third kappa shape index (κ3) is 1.66. The molecule has 0 aliphatic rings. The smallest absolute Gasteiger partial charge is 0.187 e. The summed E-state index contributed by atoms with van der Waals surface area (Å²) in [5.74, 6) is 0. The molecule has 3 heteroatoms. The van der Waals surface area contributed by atoms with Crippen LogP contribution >= 0.6 is 11.3 Å². The summed E-state index contributed by atoms with van der Waals surface area (Å²) in [7, 11) is 0. The van der Waals surface area contributed by atoms with Gasteiger partial charge in [0.2, 0.25) is 0 Å². The average Bonchev–Trinajstić information content (AvgIpc) is 2.65. The minimum absolute atomic E-state index is 0.660. The molecule has 0 unspecified atom stereocenters. The summed E-state index contributed by atoms with van der Waals surface area (Å²) in [4.78, 5) is 7.76. The average molecular weight is 200 g/mol. The Morgan fingerprint density at radius 2 is 2.29 bits per heavy atom. The second-order valence-electron chi connectivity index (χ2n) is 2.91. The van der Waals surface area contributed by atoms with Gasteiger partial charge < -0.3 is 0 Å². The van der Waals surface area contributed by atoms with Gasteiger partial charge in [0.1, 0.15) is 0 Å². The van der Waals surface area contributed by atoms with Crippen LogP contribution in [0.1, 0.15) is 5.01 Å². The lowest BCUT2D eigenvalue weighted by molar-refractivity contribution is 1.30. The predicted octanol–water partition coefficient (Wildman–Crippen LogP) is 3.67. The van der Waals surface area contributed by atoms with Crippen molar-refractivity contribution in [2.24, 2.45) is 0 Å². The highest BCUT2D eigenvalue weighted by Gasteiger charge is 2.01. The third-order valence-electron chi connectivity index (χ3n) is 1.89. The summed E-state index contributed by atoms with van der Waals surface area (Å²) in [6.07, 6.45) is 0. The minimum atomic E-state index is 0.660. The van der Waals surface area contributed by atoms with Crippen molar-refractivity contribution < 1.29 is 0 Å². The van der Waals surface area contributed by atoms with Gasteiger partial charge in [-0.25, -0.2) is 9.83 Å². The van der Waals surface area contributed by atoms with Crippen LogP contribution in [-0.4, -0.2) is 4.98 Å². The number of hydrogen-bond acceptors (Lipinski definition) is 2. The van der Waals surface area contributed by atoms with Gasteiger partial charge in [0.05, 0.1) is 17.3 Å². The third-order valence-corrected chi connectivity index (χ3v) is 2.66. The molecule has 1 aromatic heterocycles. The first-order valence-corrected chi connectivity index (χ1v) is 5.07. The van der Waals surface area contributed by atoms with Crippen LogP contribution in [0.25, 0.3) is 16.1 Å². The molecule has 0 atom stereocenters. The lowest BCUT2D eigenvalue weighted by atomic mass is 10.1. The molecule has 2 aromatic rings. The summed E-state index contributed by atoms with van der Waals surface area (Å²) in [5, 5.41) is 3.06. The minimum Gasteiger partial charge on any atom is -0.242 e. The summed E-state index contributed by atoms with van der Waals surface area (Å²) in [6.45, 7) is 8.89. The van der Waals surface area contributed by atoms with E-state index in [0.717, 1.165) is 16.3 Å². The summed E-state index contributed by atoms with van der Waals surface area (Å²) in [6, 6.07) is 7.53. The molecule has 0 radical (unpaired) electrons. The first-order valence-electron chi connectivity index (χ1n) is 4.19. The van der Waals surface area contributed by atoms with E-state index in [4.69, 9.17) is 6.57 Å². The van der Waals surface area contributed by atoms with E-state index in [0.29, 0.717) is 5.69 Å². The van der Waals surface area contributed by atoms with E-state index >= 15 is 0 Å². The van der Waals surface area contributed by atoms with Crippen LogP contribution in [0.4, 0.5) is 5.69 Å². The van der Waals surface area contributed by atoms with Crippen LogP contribution < -0.4 is 0 Å². The van der Waals surface area contributed by atoms with Gasteiger partial charge in [-0.15, -0.1) is 11.3 Å². The standard InChI is InChI=1S/C11H8N2S/c1-8-13-11(7-14-8)9-4-3-5-10(6-9)12-2/h3-7H,1H3. The predicted molar refractivity (Wildman–Crippen MR) is 58.5 cm³/mol. The van der Waals surface area contributed by atoms with Crippen LogP contribution in [-0.2, 0) is 0 Å². The molecule has 1 aromatic carbocycles. The van der Waals surface area contributed by atoms with Crippen molar-refractivity contribution in [2.75, 3.05) is 0 Å². The zero-order chi connectivity index (χ0) is 9.97. The second-order valence-corrected chi connectivity index (χ2v) is 3.98. The lowest BCUT2D eigenvalue weighted by Gasteiger charge is -1.96. The van der Waals surface area contributed by atoms with Gasteiger partial charge in [-0.2, -0.15) is 0 Å². The Kier molecular flexibility index (Phi) is 2.30. The maximum absolute atomic E-state index is 6.92. The van der Waals surface area contributed by atoms with Crippen molar-refractivity contribution in [3.05, 3.63) is 46.1 Å². The van der Waals surface area contributed by atoms with E-state index in [1.807, 2.05) is 30.5 Å². The van der Waals surface area contributed by atoms with Crippen LogP contribution in [0.15, 0.2) is 29.6 Å². The molecule has 2 rings (SSSR count). The fraction of sp³-hybridized carbons (Fsp3) is 0.0909. The topological polar surface area (TPSA) is 17.2 Å². The zero-order valence-corrected chi connectivity index (χ0v) is 8.51. The number of aromatic nitrogens is 1. The molecule has 0 amide bonds. The van der Waals surface area contributed by atoms with E-state index in [2.05, 4.69) is 9.83 Å². The SMILES string of the molecule is [C-]#[N+]c1cccc(-c2csc(C)n2)c1. The molecular formula is C11H8N2S. The number of aryl methyl sites for hydroxylation is 1. The number of hydrogen-bond donors (Lipinski definition) is 0. The lowest BCUT2D eigenvalue weighted by Crippen LogP contribution is -1.76. The first-order chi connectivity index (χ1) is 6.79. The Morgan fingerprint density at radius 3 is 2.93 bits per heavy atom. The van der Waals surface area contributed by atoms with E-state index < -0.39 is 0 Å². The molecule has 68 valence electrons. The van der Waals surface area contributed by atoms with Crippen molar-refractivity contribution in [3.8, 4) is 11.3 Å². The number of rotatable bonds is 1. The van der Waals surface area contributed by atoms with E-state index in [1.54, 1.807) is 17.4 Å². The van der Waals surface area contributed by atoms with Crippen LogP contribution in [0.5, 0.6) is 0 Å². The van der Waals surface area contributed by atoms with Crippen molar-refractivity contribution in [1.29, 1.82) is 0 Å². The highest BCUT2D eigenvalue weighted by Crippen LogP contribution is 2.25. The quantitative estimate of drug-likeness (QED) is 0.642. The monoisotopic (exact) mass is 200 g/mol. The fourth-order valence-electron chi connectivity index (χ4n) is 1.23. The van der Waals surface area contributed by atoms with Crippen molar-refractivity contribution >= 4 is 17.0 Å². The number of thiazole rings is 1. The Morgan fingerprint density at radius 1 is 1.43 bits per heavy atom. The first kappa shape index (κ1) is 8.92. The molecule has 14 heavy (non-hydrogen) atoms. The van der Waals surface area contributed by atoms with Gasteiger partial charge in [-0.3, -0.25) is 0 Å². The summed E-state index contributed by atoms with van der Waals surface area (Å²) in [5.41, 5.74) is 2.63. The van der Waals surface area contributed by atoms with Gasteiger partial charge in [0.25, 0.3) is 0 Å². The summed E-state index contributed by atoms with van der Waals surface area (Å²) < 4.78 is 0. The normalized spacial score (nSPS) is 9.71. The van der Waals surface area contributed by atoms with Crippen molar-refractivity contribution in [2.45, 2.75) is 6.92 Å². The molecule has 0 saturated heterocycles. The van der Waals surface area contributed by atoms with Crippen molar-refractivity contribution in [1.82, 2.24) is 4.98 Å². The van der Waals surface area contributed by atoms with Gasteiger partial charge in [0.15, 0.2) is 5.69 Å². The highest BCUT2D eigenvalue weighted by atomic mass is 32.1. The van der Waals surface area contributed by atoms with Crippen LogP contribution in [0, 0.1) is 13.5 Å². The van der Waals surface area contributed by atoms with Gasteiger partial charge >= 0.3 is 0 Å². The molecule has 0 N–H and O–H groups in total. The number of nitrogens with zero attached hydrogens (tertiary/aromatic N) is 2.